The Bertz CT molecular complexity index is 880. The lowest BCUT2D eigenvalue weighted by Crippen LogP contribution is -2.29. The fourth-order valence-corrected chi connectivity index (χ4v) is 2.95. The number of ether oxygens (including phenoxy) is 1. The van der Waals surface area contributed by atoms with Crippen LogP contribution < -0.4 is 10.1 Å². The molecule has 0 fully saturated rings. The van der Waals surface area contributed by atoms with Crippen LogP contribution in [0.4, 0.5) is 5.69 Å². The minimum Gasteiger partial charge on any atom is -0.497 e. The molecule has 0 aliphatic carbocycles. The molecule has 0 amide bonds. The van der Waals surface area contributed by atoms with E-state index in [1.807, 2.05) is 36.4 Å². The van der Waals surface area contributed by atoms with E-state index in [4.69, 9.17) is 21.3 Å². The lowest BCUT2D eigenvalue weighted by atomic mass is 10.0. The highest BCUT2D eigenvalue weighted by Gasteiger charge is 2.17. The molecule has 5 heteroatoms. The van der Waals surface area contributed by atoms with Crippen LogP contribution in [0.25, 0.3) is 21.8 Å². The first-order valence-corrected chi connectivity index (χ1v) is 8.35. The van der Waals surface area contributed by atoms with Crippen LogP contribution in [0.3, 0.4) is 0 Å². The molecule has 1 aromatic heterocycles. The average molecular weight is 345 g/mol. The zero-order chi connectivity index (χ0) is 17.3. The topological polar surface area (TPSA) is 54.4 Å². The first-order valence-electron chi connectivity index (χ1n) is 7.98. The van der Waals surface area contributed by atoms with Gasteiger partial charge in [-0.2, -0.15) is 0 Å². The number of pyridine rings is 1. The van der Waals surface area contributed by atoms with Crippen molar-refractivity contribution in [3.63, 3.8) is 0 Å². The molecule has 0 spiro atoms. The largest absolute Gasteiger partial charge is 0.497 e. The van der Waals surface area contributed by atoms with E-state index in [0.717, 1.165) is 33.2 Å². The Labute approximate surface area is 146 Å². The molecule has 3 aromatic rings. The number of nitrogens with one attached hydrogen (secondary N) is 1. The Morgan fingerprint density at radius 2 is 1.92 bits per heavy atom. The summed E-state index contributed by atoms with van der Waals surface area (Å²) in [4.78, 5) is 4.71. The molecular weight excluding hydrogens is 324 g/mol. The normalized spacial score (nSPS) is 12.8. The second-order valence-corrected chi connectivity index (χ2v) is 6.65. The van der Waals surface area contributed by atoms with Crippen molar-refractivity contribution in [2.45, 2.75) is 19.9 Å². The zero-order valence-corrected chi connectivity index (χ0v) is 14.8. The van der Waals surface area contributed by atoms with E-state index in [9.17, 15) is 5.11 Å². The predicted molar refractivity (Wildman–Crippen MR) is 100 cm³/mol. The Morgan fingerprint density at radius 1 is 1.12 bits per heavy atom. The van der Waals surface area contributed by atoms with Crippen LogP contribution in [0, 0.1) is 5.92 Å². The van der Waals surface area contributed by atoms with Crippen LogP contribution >= 0.6 is 11.6 Å². The molecular formula is C19H21ClN2O2. The van der Waals surface area contributed by atoms with Gasteiger partial charge in [-0.25, -0.2) is 4.98 Å². The quantitative estimate of drug-likeness (QED) is 0.670. The summed E-state index contributed by atoms with van der Waals surface area (Å²) in [5, 5.41) is 15.8. The number of hydrogen-bond donors (Lipinski definition) is 2. The van der Waals surface area contributed by atoms with Crippen LogP contribution in [0.15, 0.2) is 36.4 Å². The third-order valence-corrected chi connectivity index (χ3v) is 4.51. The Hall–Kier alpha value is -2.04. The maximum Gasteiger partial charge on any atom is 0.119 e. The molecule has 0 saturated carbocycles. The van der Waals surface area contributed by atoms with Crippen molar-refractivity contribution in [2.75, 3.05) is 19.0 Å². The number of anilines is 1. The second kappa shape index (κ2) is 6.83. The van der Waals surface area contributed by atoms with Crippen LogP contribution in [-0.4, -0.2) is 29.8 Å². The first-order chi connectivity index (χ1) is 11.5. The van der Waals surface area contributed by atoms with E-state index in [-0.39, 0.29) is 18.6 Å². The first kappa shape index (κ1) is 16.8. The zero-order valence-electron chi connectivity index (χ0n) is 14.0. The van der Waals surface area contributed by atoms with Gasteiger partial charge in [0.2, 0.25) is 0 Å². The van der Waals surface area contributed by atoms with Crippen LogP contribution in [0.5, 0.6) is 5.75 Å². The number of fused-ring (bicyclic) bond motifs is 2. The van der Waals surface area contributed by atoms with E-state index in [0.29, 0.717) is 5.02 Å². The number of aliphatic hydroxyl groups is 1. The molecule has 126 valence electrons. The molecule has 2 N–H and O–H groups in total. The van der Waals surface area contributed by atoms with Gasteiger partial charge in [-0.3, -0.25) is 0 Å². The third kappa shape index (κ3) is 3.12. The molecule has 0 aliphatic heterocycles. The van der Waals surface area contributed by atoms with Crippen molar-refractivity contribution in [3.05, 3.63) is 41.4 Å². The number of methoxy groups -OCH3 is 1. The van der Waals surface area contributed by atoms with Gasteiger partial charge in [-0.05, 0) is 42.3 Å². The number of benzene rings is 2. The van der Waals surface area contributed by atoms with Gasteiger partial charge in [0.1, 0.15) is 5.75 Å². The predicted octanol–water partition coefficient (Wildman–Crippen LogP) is 4.48. The number of aliphatic hydroxyl groups excluding tert-OH is 1. The highest BCUT2D eigenvalue weighted by molar-refractivity contribution is 6.31. The molecule has 0 radical (unpaired) electrons. The highest BCUT2D eigenvalue weighted by atomic mass is 35.5. The van der Waals surface area contributed by atoms with Gasteiger partial charge in [0.25, 0.3) is 0 Å². The maximum atomic E-state index is 9.72. The Morgan fingerprint density at radius 3 is 2.58 bits per heavy atom. The van der Waals surface area contributed by atoms with Crippen molar-refractivity contribution >= 4 is 39.1 Å². The van der Waals surface area contributed by atoms with Crippen LogP contribution in [0.1, 0.15) is 13.8 Å². The van der Waals surface area contributed by atoms with E-state index in [1.54, 1.807) is 7.11 Å². The molecule has 0 saturated heterocycles. The van der Waals surface area contributed by atoms with Gasteiger partial charge in [0.15, 0.2) is 0 Å². The number of halogens is 1. The van der Waals surface area contributed by atoms with Crippen molar-refractivity contribution < 1.29 is 9.84 Å². The van der Waals surface area contributed by atoms with E-state index in [1.165, 1.54) is 0 Å². The van der Waals surface area contributed by atoms with Crippen molar-refractivity contribution in [2.24, 2.45) is 5.92 Å². The molecule has 3 rings (SSSR count). The van der Waals surface area contributed by atoms with Gasteiger partial charge in [-0.1, -0.05) is 25.4 Å². The number of rotatable bonds is 5. The summed E-state index contributed by atoms with van der Waals surface area (Å²) in [5.74, 6) is 1.05. The lowest BCUT2D eigenvalue weighted by Gasteiger charge is -2.23. The Kier molecular flexibility index (Phi) is 4.78. The second-order valence-electron chi connectivity index (χ2n) is 6.21. The third-order valence-electron chi connectivity index (χ3n) is 4.27. The van der Waals surface area contributed by atoms with Crippen molar-refractivity contribution in [1.29, 1.82) is 0 Å². The number of hydrogen-bond acceptors (Lipinski definition) is 4. The smallest absolute Gasteiger partial charge is 0.119 e. The van der Waals surface area contributed by atoms with Crippen molar-refractivity contribution in [1.82, 2.24) is 4.98 Å². The van der Waals surface area contributed by atoms with E-state index >= 15 is 0 Å². The van der Waals surface area contributed by atoms with Gasteiger partial charge < -0.3 is 15.2 Å². The van der Waals surface area contributed by atoms with Crippen LogP contribution in [0.2, 0.25) is 5.02 Å². The van der Waals surface area contributed by atoms with Crippen molar-refractivity contribution in [3.8, 4) is 5.75 Å². The lowest BCUT2D eigenvalue weighted by molar-refractivity contribution is 0.249. The molecule has 4 nitrogen and oxygen atoms in total. The summed E-state index contributed by atoms with van der Waals surface area (Å²) < 4.78 is 5.36. The highest BCUT2D eigenvalue weighted by Crippen LogP contribution is 2.35. The molecule has 0 aliphatic rings. The standard InChI is InChI=1S/C19H21ClN2O2/c1-11(2)18(10-23)22-19-14-6-4-12(20)8-17(14)21-16-7-5-13(24-3)9-15(16)19/h4-9,11,18,23H,10H2,1-3H3,(H,21,22)/t18-/m1/s1. The van der Waals surface area contributed by atoms with Gasteiger partial charge >= 0.3 is 0 Å². The minimum atomic E-state index is -0.0549. The summed E-state index contributed by atoms with van der Waals surface area (Å²) in [6, 6.07) is 11.4. The summed E-state index contributed by atoms with van der Waals surface area (Å²) in [6.45, 7) is 4.22. The number of nitrogens with zero attached hydrogens (tertiary/aromatic N) is 1. The monoisotopic (exact) mass is 344 g/mol. The van der Waals surface area contributed by atoms with Gasteiger partial charge in [0, 0.05) is 15.8 Å². The molecule has 24 heavy (non-hydrogen) atoms. The van der Waals surface area contributed by atoms with Gasteiger partial charge in [-0.15, -0.1) is 0 Å². The summed E-state index contributed by atoms with van der Waals surface area (Å²) in [7, 11) is 1.65. The number of aromatic nitrogens is 1. The fourth-order valence-electron chi connectivity index (χ4n) is 2.79. The molecule has 1 heterocycles. The minimum absolute atomic E-state index is 0.0549. The molecule has 2 aromatic carbocycles. The SMILES string of the molecule is COc1ccc2nc3cc(Cl)ccc3c(N[C@H](CO)C(C)C)c2c1. The van der Waals surface area contributed by atoms with Gasteiger partial charge in [0.05, 0.1) is 36.5 Å². The molecule has 1 atom stereocenters. The fraction of sp³-hybridized carbons (Fsp3) is 0.316. The summed E-state index contributed by atoms with van der Waals surface area (Å²) >= 11 is 6.13. The molecule has 0 unspecified atom stereocenters. The van der Waals surface area contributed by atoms with E-state index < -0.39 is 0 Å². The Balaban J connectivity index is 2.29. The summed E-state index contributed by atoms with van der Waals surface area (Å²) in [5.41, 5.74) is 2.62. The molecule has 0 bridgehead atoms. The summed E-state index contributed by atoms with van der Waals surface area (Å²) in [6.07, 6.45) is 0. The maximum absolute atomic E-state index is 9.72. The average Bonchev–Trinajstić information content (AvgIpc) is 2.57. The van der Waals surface area contributed by atoms with E-state index in [2.05, 4.69) is 19.2 Å². The van der Waals surface area contributed by atoms with Crippen LogP contribution in [-0.2, 0) is 0 Å².